The molecule has 1 amide bonds. The van der Waals surface area contributed by atoms with Gasteiger partial charge in [-0.25, -0.2) is 9.07 Å². The van der Waals surface area contributed by atoms with Crippen LogP contribution in [0.15, 0.2) is 43.0 Å². The molecule has 0 saturated carbocycles. The molecule has 1 aromatic heterocycles. The third-order valence-electron chi connectivity index (χ3n) is 1.96. The van der Waals surface area contributed by atoms with Crippen LogP contribution in [0, 0.1) is 5.82 Å². The van der Waals surface area contributed by atoms with Crippen molar-refractivity contribution < 1.29 is 9.18 Å². The quantitative estimate of drug-likeness (QED) is 0.809. The van der Waals surface area contributed by atoms with Crippen LogP contribution in [0.25, 0.3) is 6.08 Å². The van der Waals surface area contributed by atoms with Gasteiger partial charge < -0.3 is 0 Å². The summed E-state index contributed by atoms with van der Waals surface area (Å²) >= 11 is 0. The summed E-state index contributed by atoms with van der Waals surface area (Å²) in [5.41, 5.74) is 3.24. The van der Waals surface area contributed by atoms with E-state index in [0.29, 0.717) is 0 Å². The molecule has 0 aliphatic rings. The summed E-state index contributed by atoms with van der Waals surface area (Å²) in [4.78, 5) is 11.4. The minimum atomic E-state index is -0.325. The molecule has 86 valence electrons. The highest BCUT2D eigenvalue weighted by atomic mass is 19.1. The van der Waals surface area contributed by atoms with Crippen LogP contribution in [0.5, 0.6) is 0 Å². The molecule has 6 heteroatoms. The smallest absolute Gasteiger partial charge is 0.262 e. The van der Waals surface area contributed by atoms with Crippen LogP contribution in [-0.2, 0) is 4.79 Å². The molecule has 0 aliphatic heterocycles. The van der Waals surface area contributed by atoms with E-state index in [1.807, 2.05) is 0 Å². The minimum Gasteiger partial charge on any atom is -0.268 e. The topological polar surface area (TPSA) is 59.8 Å². The molecule has 0 saturated heterocycles. The number of carbonyl (C=O) groups is 1. The molecule has 17 heavy (non-hydrogen) atoms. The van der Waals surface area contributed by atoms with Crippen LogP contribution in [0.3, 0.4) is 0 Å². The zero-order valence-electron chi connectivity index (χ0n) is 8.75. The van der Waals surface area contributed by atoms with Gasteiger partial charge in [-0.15, -0.1) is 10.2 Å². The molecule has 5 nitrogen and oxygen atoms in total. The van der Waals surface area contributed by atoms with Gasteiger partial charge >= 0.3 is 0 Å². The van der Waals surface area contributed by atoms with E-state index in [9.17, 15) is 9.18 Å². The number of nitrogens with zero attached hydrogens (tertiary/aromatic N) is 3. The largest absolute Gasteiger partial charge is 0.268 e. The van der Waals surface area contributed by atoms with Crippen molar-refractivity contribution in [3.05, 3.63) is 54.4 Å². The standard InChI is InChI=1S/C11H9FN4O/c12-10-4-1-9(2-5-10)3-6-11(17)15-16-7-13-14-8-16/h1-8H,(H,15,17)/b6-3+. The number of rotatable bonds is 3. The number of hydrogen-bond donors (Lipinski definition) is 1. The van der Waals surface area contributed by atoms with Crippen molar-refractivity contribution in [2.75, 3.05) is 5.43 Å². The summed E-state index contributed by atoms with van der Waals surface area (Å²) in [6, 6.07) is 5.82. The molecular weight excluding hydrogens is 223 g/mol. The fourth-order valence-electron chi connectivity index (χ4n) is 1.17. The lowest BCUT2D eigenvalue weighted by atomic mass is 10.2. The van der Waals surface area contributed by atoms with Gasteiger partial charge in [-0.2, -0.15) is 0 Å². The lowest BCUT2D eigenvalue weighted by molar-refractivity contribution is -0.112. The zero-order chi connectivity index (χ0) is 12.1. The number of halogens is 1. The van der Waals surface area contributed by atoms with Crippen molar-refractivity contribution in [1.29, 1.82) is 0 Å². The maximum atomic E-state index is 12.6. The Morgan fingerprint density at radius 3 is 2.53 bits per heavy atom. The number of aromatic nitrogens is 3. The van der Waals surface area contributed by atoms with Crippen LogP contribution in [0.4, 0.5) is 4.39 Å². The van der Waals surface area contributed by atoms with Gasteiger partial charge in [0.2, 0.25) is 0 Å². The Morgan fingerprint density at radius 2 is 1.88 bits per heavy atom. The summed E-state index contributed by atoms with van der Waals surface area (Å²) < 4.78 is 13.9. The molecule has 0 unspecified atom stereocenters. The maximum absolute atomic E-state index is 12.6. The Kier molecular flexibility index (Phi) is 3.25. The summed E-state index contributed by atoms with van der Waals surface area (Å²) in [6.07, 6.45) is 5.65. The van der Waals surface area contributed by atoms with Gasteiger partial charge in [0.1, 0.15) is 18.5 Å². The van der Waals surface area contributed by atoms with Crippen molar-refractivity contribution in [3.63, 3.8) is 0 Å². The first-order chi connectivity index (χ1) is 8.24. The summed E-state index contributed by atoms with van der Waals surface area (Å²) in [7, 11) is 0. The first kappa shape index (κ1) is 11.0. The Hall–Kier alpha value is -2.50. The number of nitrogens with one attached hydrogen (secondary N) is 1. The van der Waals surface area contributed by atoms with E-state index >= 15 is 0 Å². The molecule has 0 fully saturated rings. The third kappa shape index (κ3) is 3.23. The predicted octanol–water partition coefficient (Wildman–Crippen LogP) is 1.20. The fraction of sp³-hybridized carbons (Fsp3) is 0. The molecule has 1 N–H and O–H groups in total. The van der Waals surface area contributed by atoms with Crippen LogP contribution >= 0.6 is 0 Å². The lowest BCUT2D eigenvalue weighted by Crippen LogP contribution is -2.18. The molecule has 0 radical (unpaired) electrons. The predicted molar refractivity (Wildman–Crippen MR) is 59.8 cm³/mol. The monoisotopic (exact) mass is 232 g/mol. The van der Waals surface area contributed by atoms with Crippen molar-refractivity contribution in [2.45, 2.75) is 0 Å². The Bertz CT molecular complexity index is 519. The van der Waals surface area contributed by atoms with Crippen LogP contribution < -0.4 is 5.43 Å². The average molecular weight is 232 g/mol. The Labute approximate surface area is 96.6 Å². The summed E-state index contributed by atoms with van der Waals surface area (Å²) in [6.45, 7) is 0. The van der Waals surface area contributed by atoms with Crippen LogP contribution in [0.2, 0.25) is 0 Å². The first-order valence-corrected chi connectivity index (χ1v) is 4.83. The first-order valence-electron chi connectivity index (χ1n) is 4.83. The van der Waals surface area contributed by atoms with Crippen LogP contribution in [0.1, 0.15) is 5.56 Å². The van der Waals surface area contributed by atoms with E-state index in [4.69, 9.17) is 0 Å². The number of hydrogen-bond acceptors (Lipinski definition) is 3. The lowest BCUT2D eigenvalue weighted by Gasteiger charge is -1.99. The van der Waals surface area contributed by atoms with Gasteiger partial charge in [0, 0.05) is 6.08 Å². The van der Waals surface area contributed by atoms with Gasteiger partial charge in [0.15, 0.2) is 0 Å². The van der Waals surface area contributed by atoms with Gasteiger partial charge in [0.05, 0.1) is 0 Å². The van der Waals surface area contributed by atoms with Crippen molar-refractivity contribution >= 4 is 12.0 Å². The molecule has 0 bridgehead atoms. The van der Waals surface area contributed by atoms with Crippen molar-refractivity contribution in [1.82, 2.24) is 14.9 Å². The maximum Gasteiger partial charge on any atom is 0.262 e. The Morgan fingerprint density at radius 1 is 1.24 bits per heavy atom. The highest BCUT2D eigenvalue weighted by Crippen LogP contribution is 2.04. The number of carbonyl (C=O) groups excluding carboxylic acids is 1. The third-order valence-corrected chi connectivity index (χ3v) is 1.96. The molecule has 2 aromatic rings. The van der Waals surface area contributed by atoms with Gasteiger partial charge in [-0.3, -0.25) is 10.2 Å². The van der Waals surface area contributed by atoms with E-state index < -0.39 is 0 Å². The summed E-state index contributed by atoms with van der Waals surface area (Å²) in [5, 5.41) is 7.07. The second kappa shape index (κ2) is 5.02. The highest BCUT2D eigenvalue weighted by Gasteiger charge is 1.96. The van der Waals surface area contributed by atoms with E-state index in [1.54, 1.807) is 18.2 Å². The van der Waals surface area contributed by atoms with E-state index in [0.717, 1.165) is 5.56 Å². The van der Waals surface area contributed by atoms with Crippen molar-refractivity contribution in [2.24, 2.45) is 0 Å². The normalized spacial score (nSPS) is 10.6. The average Bonchev–Trinajstić information content (AvgIpc) is 2.81. The molecule has 1 aromatic carbocycles. The summed E-state index contributed by atoms with van der Waals surface area (Å²) in [5.74, 6) is -0.634. The van der Waals surface area contributed by atoms with Gasteiger partial charge in [0.25, 0.3) is 5.91 Å². The van der Waals surface area contributed by atoms with Gasteiger partial charge in [-0.05, 0) is 23.8 Å². The molecule has 0 spiro atoms. The second-order valence-corrected chi connectivity index (χ2v) is 3.23. The van der Waals surface area contributed by atoms with E-state index in [1.165, 1.54) is 35.5 Å². The Balaban J connectivity index is 1.96. The molecule has 0 aliphatic carbocycles. The second-order valence-electron chi connectivity index (χ2n) is 3.23. The highest BCUT2D eigenvalue weighted by molar-refractivity contribution is 5.97. The zero-order valence-corrected chi connectivity index (χ0v) is 8.75. The minimum absolute atomic E-state index is 0.309. The van der Waals surface area contributed by atoms with Gasteiger partial charge in [-0.1, -0.05) is 12.1 Å². The number of amides is 1. The molecule has 1 heterocycles. The molecular formula is C11H9FN4O. The molecule has 2 rings (SSSR count). The molecule has 0 atom stereocenters. The SMILES string of the molecule is O=C(/C=C/c1ccc(F)cc1)Nn1cnnc1. The van der Waals surface area contributed by atoms with Crippen molar-refractivity contribution in [3.8, 4) is 0 Å². The fourth-order valence-corrected chi connectivity index (χ4v) is 1.17. The van der Waals surface area contributed by atoms with E-state index in [-0.39, 0.29) is 11.7 Å². The van der Waals surface area contributed by atoms with E-state index in [2.05, 4.69) is 15.6 Å². The van der Waals surface area contributed by atoms with Crippen LogP contribution in [-0.4, -0.2) is 20.8 Å². The number of benzene rings is 1.